The van der Waals surface area contributed by atoms with E-state index in [9.17, 15) is 4.39 Å². The molecule has 5 heteroatoms. The van der Waals surface area contributed by atoms with Gasteiger partial charge in [-0.3, -0.25) is 0 Å². The molecule has 0 saturated carbocycles. The van der Waals surface area contributed by atoms with Crippen molar-refractivity contribution >= 4 is 31.9 Å². The van der Waals surface area contributed by atoms with E-state index < -0.39 is 5.82 Å². The molecule has 0 heterocycles. The van der Waals surface area contributed by atoms with Crippen LogP contribution in [0.5, 0.6) is 11.5 Å². The lowest BCUT2D eigenvalue weighted by Gasteiger charge is -2.11. The predicted octanol–water partition coefficient (Wildman–Crippen LogP) is 4.60. The van der Waals surface area contributed by atoms with Crippen molar-refractivity contribution < 1.29 is 9.13 Å². The second-order valence-electron chi connectivity index (χ2n) is 3.63. The minimum Gasteiger partial charge on any atom is -0.454 e. The summed E-state index contributed by atoms with van der Waals surface area (Å²) in [4.78, 5) is 0. The molecule has 0 aliphatic carbocycles. The maximum Gasteiger partial charge on any atom is 0.166 e. The van der Waals surface area contributed by atoms with Crippen LogP contribution in [0.25, 0.3) is 0 Å². The largest absolute Gasteiger partial charge is 0.454 e. The fraction of sp³-hybridized carbons (Fsp3) is 0.0769. The summed E-state index contributed by atoms with van der Waals surface area (Å²) in [6, 6.07) is 10.1. The quantitative estimate of drug-likeness (QED) is 0.851. The fourth-order valence-corrected chi connectivity index (χ4v) is 2.23. The zero-order chi connectivity index (χ0) is 13.1. The van der Waals surface area contributed by atoms with Crippen molar-refractivity contribution in [1.29, 1.82) is 0 Å². The maximum absolute atomic E-state index is 13.7. The lowest BCUT2D eigenvalue weighted by molar-refractivity contribution is 0.437. The van der Waals surface area contributed by atoms with Crippen molar-refractivity contribution in [3.05, 3.63) is 56.7 Å². The van der Waals surface area contributed by atoms with Crippen LogP contribution in [-0.2, 0) is 6.54 Å². The van der Waals surface area contributed by atoms with Crippen LogP contribution in [0, 0.1) is 5.82 Å². The highest BCUT2D eigenvalue weighted by atomic mass is 79.9. The van der Waals surface area contributed by atoms with Gasteiger partial charge in [0.05, 0.1) is 0 Å². The van der Waals surface area contributed by atoms with Crippen LogP contribution < -0.4 is 10.5 Å². The Morgan fingerprint density at radius 2 is 1.61 bits per heavy atom. The topological polar surface area (TPSA) is 35.2 Å². The second-order valence-corrected chi connectivity index (χ2v) is 5.46. The average Bonchev–Trinajstić information content (AvgIpc) is 2.34. The molecule has 0 atom stereocenters. The van der Waals surface area contributed by atoms with Crippen molar-refractivity contribution in [3.8, 4) is 11.5 Å². The van der Waals surface area contributed by atoms with Crippen LogP contribution in [0.4, 0.5) is 4.39 Å². The summed E-state index contributed by atoms with van der Waals surface area (Å²) < 4.78 is 20.8. The molecular formula is C13H10Br2FNO. The minimum atomic E-state index is -0.421. The van der Waals surface area contributed by atoms with E-state index in [4.69, 9.17) is 10.5 Å². The fourth-order valence-electron chi connectivity index (χ4n) is 1.48. The summed E-state index contributed by atoms with van der Waals surface area (Å²) in [5.74, 6) is 0.312. The predicted molar refractivity (Wildman–Crippen MR) is 76.2 cm³/mol. The maximum atomic E-state index is 13.7. The zero-order valence-electron chi connectivity index (χ0n) is 9.29. The van der Waals surface area contributed by atoms with E-state index in [1.165, 1.54) is 6.07 Å². The van der Waals surface area contributed by atoms with Crippen molar-refractivity contribution in [1.82, 2.24) is 0 Å². The first kappa shape index (κ1) is 13.5. The smallest absolute Gasteiger partial charge is 0.166 e. The average molecular weight is 375 g/mol. The number of nitrogens with two attached hydrogens (primary N) is 1. The molecule has 0 bridgehead atoms. The summed E-state index contributed by atoms with van der Waals surface area (Å²) in [5.41, 5.74) is 6.45. The van der Waals surface area contributed by atoms with E-state index >= 15 is 0 Å². The third kappa shape index (κ3) is 3.10. The molecule has 0 aromatic heterocycles. The monoisotopic (exact) mass is 373 g/mol. The molecule has 0 amide bonds. The van der Waals surface area contributed by atoms with Gasteiger partial charge in [0.2, 0.25) is 0 Å². The molecular weight excluding hydrogens is 365 g/mol. The molecule has 0 fully saturated rings. The third-order valence-corrected chi connectivity index (χ3v) is 3.34. The van der Waals surface area contributed by atoms with Crippen molar-refractivity contribution in [3.63, 3.8) is 0 Å². The highest BCUT2D eigenvalue weighted by Gasteiger charge is 2.08. The number of ether oxygens (including phenoxy) is 1. The Bertz CT molecular complexity index is 575. The van der Waals surface area contributed by atoms with Crippen LogP contribution in [0.15, 0.2) is 45.3 Å². The van der Waals surface area contributed by atoms with E-state index in [2.05, 4.69) is 31.9 Å². The van der Waals surface area contributed by atoms with Gasteiger partial charge in [0.15, 0.2) is 11.6 Å². The van der Waals surface area contributed by atoms with E-state index in [-0.39, 0.29) is 5.75 Å². The lowest BCUT2D eigenvalue weighted by atomic mass is 10.2. The Hall–Kier alpha value is -0.910. The Morgan fingerprint density at radius 1 is 1.00 bits per heavy atom. The number of hydrogen-bond donors (Lipinski definition) is 1. The van der Waals surface area contributed by atoms with Crippen molar-refractivity contribution in [2.24, 2.45) is 5.73 Å². The van der Waals surface area contributed by atoms with E-state index in [0.29, 0.717) is 16.8 Å². The Kier molecular flexibility index (Phi) is 4.37. The summed E-state index contributed by atoms with van der Waals surface area (Å²) in [7, 11) is 0. The summed E-state index contributed by atoms with van der Waals surface area (Å²) in [5, 5.41) is 0. The number of rotatable bonds is 3. The van der Waals surface area contributed by atoms with Gasteiger partial charge in [-0.1, -0.05) is 31.9 Å². The van der Waals surface area contributed by atoms with E-state index in [1.54, 1.807) is 18.2 Å². The molecule has 0 unspecified atom stereocenters. The van der Waals surface area contributed by atoms with Crippen molar-refractivity contribution in [2.75, 3.05) is 0 Å². The van der Waals surface area contributed by atoms with Crippen molar-refractivity contribution in [2.45, 2.75) is 6.54 Å². The number of benzene rings is 2. The molecule has 94 valence electrons. The summed E-state index contributed by atoms with van der Waals surface area (Å²) >= 11 is 6.55. The molecule has 0 spiro atoms. The van der Waals surface area contributed by atoms with Crippen LogP contribution in [-0.4, -0.2) is 0 Å². The zero-order valence-corrected chi connectivity index (χ0v) is 12.5. The lowest BCUT2D eigenvalue weighted by Crippen LogP contribution is -2.00. The van der Waals surface area contributed by atoms with Gasteiger partial charge >= 0.3 is 0 Å². The first-order valence-corrected chi connectivity index (χ1v) is 6.80. The Morgan fingerprint density at radius 3 is 2.22 bits per heavy atom. The molecule has 18 heavy (non-hydrogen) atoms. The van der Waals surface area contributed by atoms with Gasteiger partial charge in [0, 0.05) is 21.1 Å². The molecule has 2 aromatic carbocycles. The molecule has 2 N–H and O–H groups in total. The van der Waals surface area contributed by atoms with Gasteiger partial charge in [-0.25, -0.2) is 4.39 Å². The van der Waals surface area contributed by atoms with Gasteiger partial charge in [-0.2, -0.15) is 0 Å². The third-order valence-electron chi connectivity index (χ3n) is 2.36. The summed E-state index contributed by atoms with van der Waals surface area (Å²) in [6.45, 7) is 0.326. The molecule has 0 aliphatic heterocycles. The number of halogens is 3. The van der Waals surface area contributed by atoms with Crippen LogP contribution in [0.2, 0.25) is 0 Å². The molecule has 2 aromatic rings. The Balaban J connectivity index is 2.33. The van der Waals surface area contributed by atoms with E-state index in [0.717, 1.165) is 10.0 Å². The van der Waals surface area contributed by atoms with Gasteiger partial charge in [0.25, 0.3) is 0 Å². The SMILES string of the molecule is NCc1cc(Br)ccc1Oc1ccc(Br)cc1F. The van der Waals surface area contributed by atoms with Crippen LogP contribution in [0.1, 0.15) is 5.56 Å². The summed E-state index contributed by atoms with van der Waals surface area (Å²) in [6.07, 6.45) is 0. The van der Waals surface area contributed by atoms with Gasteiger partial charge in [-0.15, -0.1) is 0 Å². The standard InChI is InChI=1S/C13H10Br2FNO/c14-9-1-3-12(8(5-9)7-17)18-13-4-2-10(15)6-11(13)16/h1-6H,7,17H2. The molecule has 0 saturated heterocycles. The molecule has 2 rings (SSSR count). The first-order chi connectivity index (χ1) is 8.60. The molecule has 2 nitrogen and oxygen atoms in total. The van der Waals surface area contributed by atoms with Gasteiger partial charge in [0.1, 0.15) is 5.75 Å². The van der Waals surface area contributed by atoms with Crippen LogP contribution in [0.3, 0.4) is 0 Å². The molecule has 0 radical (unpaired) electrons. The highest BCUT2D eigenvalue weighted by molar-refractivity contribution is 9.10. The van der Waals surface area contributed by atoms with Crippen LogP contribution >= 0.6 is 31.9 Å². The van der Waals surface area contributed by atoms with Gasteiger partial charge < -0.3 is 10.5 Å². The normalized spacial score (nSPS) is 10.4. The Labute approximate surface area is 121 Å². The van der Waals surface area contributed by atoms with E-state index in [1.807, 2.05) is 12.1 Å². The first-order valence-electron chi connectivity index (χ1n) is 5.21. The highest BCUT2D eigenvalue weighted by Crippen LogP contribution is 2.30. The minimum absolute atomic E-state index is 0.176. The molecule has 0 aliphatic rings. The second kappa shape index (κ2) is 5.82. The number of hydrogen-bond acceptors (Lipinski definition) is 2. The van der Waals surface area contributed by atoms with Gasteiger partial charge in [-0.05, 0) is 36.4 Å².